The van der Waals surface area contributed by atoms with E-state index in [0.717, 1.165) is 5.40 Å². The molecule has 0 unspecified atom stereocenters. The van der Waals surface area contributed by atoms with Crippen LogP contribution in [0.1, 0.15) is 34.6 Å². The number of hydrogen-bond donors (Lipinski definition) is 0. The largest absolute Gasteiger partial charge is 0.1000 e. The van der Waals surface area contributed by atoms with E-state index < -0.39 is 0 Å². The Morgan fingerprint density at radius 3 is 1.17 bits per heavy atom. The second-order valence-electron chi connectivity index (χ2n) is 3.07. The van der Waals surface area contributed by atoms with Gasteiger partial charge in [-0.05, 0) is 30.0 Å². The SMILES string of the molecule is CCP(CC)C(C)P(CC)CC. The van der Waals surface area contributed by atoms with Crippen LogP contribution in [0.15, 0.2) is 0 Å². The highest BCUT2D eigenvalue weighted by atomic mass is 31.2. The lowest BCUT2D eigenvalue weighted by Gasteiger charge is -2.29. The van der Waals surface area contributed by atoms with E-state index in [4.69, 9.17) is 0 Å². The van der Waals surface area contributed by atoms with Crippen LogP contribution in [0.3, 0.4) is 0 Å². The van der Waals surface area contributed by atoms with E-state index >= 15 is 0 Å². The lowest BCUT2D eigenvalue weighted by Crippen LogP contribution is -2.04. The van der Waals surface area contributed by atoms with E-state index in [0.29, 0.717) is 15.8 Å². The molecule has 0 bridgehead atoms. The minimum atomic E-state index is 0.360. The summed E-state index contributed by atoms with van der Waals surface area (Å²) in [6.07, 6.45) is 5.75. The molecule has 0 nitrogen and oxygen atoms in total. The fourth-order valence-corrected chi connectivity index (χ4v) is 8.55. The summed E-state index contributed by atoms with van der Waals surface area (Å²) in [6, 6.07) is 0. The van der Waals surface area contributed by atoms with Crippen LogP contribution in [0.25, 0.3) is 0 Å². The van der Waals surface area contributed by atoms with Crippen molar-refractivity contribution in [3.05, 3.63) is 0 Å². The minimum absolute atomic E-state index is 0.360. The molecule has 2 heteroatoms. The molecule has 0 aromatic heterocycles. The zero-order chi connectivity index (χ0) is 9.56. The summed E-state index contributed by atoms with van der Waals surface area (Å²) in [4.78, 5) is 0. The fraction of sp³-hybridized carbons (Fsp3) is 1.00. The van der Waals surface area contributed by atoms with Crippen LogP contribution >= 0.6 is 15.8 Å². The van der Waals surface area contributed by atoms with Crippen molar-refractivity contribution in [2.24, 2.45) is 0 Å². The second kappa shape index (κ2) is 7.28. The highest BCUT2D eigenvalue weighted by molar-refractivity contribution is 7.75. The van der Waals surface area contributed by atoms with Gasteiger partial charge in [-0.3, -0.25) is 0 Å². The first-order valence-electron chi connectivity index (χ1n) is 5.19. The van der Waals surface area contributed by atoms with E-state index in [9.17, 15) is 0 Å². The van der Waals surface area contributed by atoms with Crippen molar-refractivity contribution < 1.29 is 0 Å². The molecule has 0 aliphatic carbocycles. The molecule has 0 aliphatic rings. The van der Waals surface area contributed by atoms with Gasteiger partial charge in [0.05, 0.1) is 0 Å². The maximum absolute atomic E-state index is 2.50. The Morgan fingerprint density at radius 1 is 0.750 bits per heavy atom. The molecule has 12 heavy (non-hydrogen) atoms. The molecule has 0 saturated carbocycles. The van der Waals surface area contributed by atoms with Gasteiger partial charge in [-0.1, -0.05) is 50.5 Å². The molecule has 0 rings (SSSR count). The van der Waals surface area contributed by atoms with Crippen molar-refractivity contribution in [2.75, 3.05) is 24.6 Å². The zero-order valence-electron chi connectivity index (χ0n) is 9.30. The zero-order valence-corrected chi connectivity index (χ0v) is 11.1. The Hall–Kier alpha value is 0.860. The van der Waals surface area contributed by atoms with Crippen LogP contribution in [0.4, 0.5) is 0 Å². The van der Waals surface area contributed by atoms with Gasteiger partial charge in [0.1, 0.15) is 0 Å². The molecule has 0 aromatic rings. The summed E-state index contributed by atoms with van der Waals surface area (Å²) in [5.41, 5.74) is 0. The smallest absolute Gasteiger partial charge is 0.00345 e. The normalized spacial score (nSPS) is 12.0. The molecular formula is C10H24P2. The lowest BCUT2D eigenvalue weighted by molar-refractivity contribution is 1.24. The Morgan fingerprint density at radius 2 is 1.00 bits per heavy atom. The highest BCUT2D eigenvalue weighted by Gasteiger charge is 2.19. The molecule has 0 amide bonds. The molecule has 0 N–H and O–H groups in total. The summed E-state index contributed by atoms with van der Waals surface area (Å²) < 4.78 is 0. The van der Waals surface area contributed by atoms with Crippen molar-refractivity contribution in [2.45, 2.75) is 40.0 Å². The molecule has 0 fully saturated rings. The quantitative estimate of drug-likeness (QED) is 0.566. The standard InChI is InChI=1S/C10H24P2/c1-6-11(7-2)10(5)12(8-3)9-4/h10H,6-9H2,1-5H3. The minimum Gasteiger partial charge on any atom is -0.1000 e. The van der Waals surface area contributed by atoms with Crippen molar-refractivity contribution in [3.8, 4) is 0 Å². The Bertz CT molecular complexity index is 84.0. The van der Waals surface area contributed by atoms with Gasteiger partial charge < -0.3 is 0 Å². The predicted octanol–water partition coefficient (Wildman–Crippen LogP) is 4.38. The van der Waals surface area contributed by atoms with Crippen LogP contribution in [0.2, 0.25) is 0 Å². The fourth-order valence-electron chi connectivity index (χ4n) is 1.74. The average molecular weight is 206 g/mol. The first-order chi connectivity index (χ1) is 5.71. The van der Waals surface area contributed by atoms with Gasteiger partial charge in [0.25, 0.3) is 0 Å². The molecule has 0 heterocycles. The molecule has 74 valence electrons. The Kier molecular flexibility index (Phi) is 7.80. The van der Waals surface area contributed by atoms with Gasteiger partial charge in [-0.15, -0.1) is 0 Å². The van der Waals surface area contributed by atoms with Crippen molar-refractivity contribution in [1.82, 2.24) is 0 Å². The molecule has 0 aliphatic heterocycles. The van der Waals surface area contributed by atoms with Gasteiger partial charge in [-0.25, -0.2) is 0 Å². The maximum atomic E-state index is 2.50. The van der Waals surface area contributed by atoms with Crippen LogP contribution in [-0.2, 0) is 0 Å². The van der Waals surface area contributed by atoms with Gasteiger partial charge in [0.2, 0.25) is 0 Å². The maximum Gasteiger partial charge on any atom is -0.00345 e. The van der Waals surface area contributed by atoms with E-state index in [1.807, 2.05) is 0 Å². The average Bonchev–Trinajstić information content (AvgIpc) is 2.09. The van der Waals surface area contributed by atoms with Gasteiger partial charge in [0.15, 0.2) is 0 Å². The summed E-state index contributed by atoms with van der Waals surface area (Å²) in [7, 11) is 0.721. The van der Waals surface area contributed by atoms with Crippen LogP contribution in [-0.4, -0.2) is 30.0 Å². The van der Waals surface area contributed by atoms with E-state index in [1.54, 1.807) is 0 Å². The van der Waals surface area contributed by atoms with Crippen LogP contribution in [0, 0.1) is 0 Å². The molecule has 0 saturated heterocycles. The van der Waals surface area contributed by atoms with Gasteiger partial charge in [0, 0.05) is 0 Å². The van der Waals surface area contributed by atoms with Crippen molar-refractivity contribution in [3.63, 3.8) is 0 Å². The van der Waals surface area contributed by atoms with E-state index in [1.165, 1.54) is 24.6 Å². The lowest BCUT2D eigenvalue weighted by atomic mass is 10.9. The van der Waals surface area contributed by atoms with Crippen molar-refractivity contribution in [1.29, 1.82) is 0 Å². The molecule has 0 spiro atoms. The number of hydrogen-bond acceptors (Lipinski definition) is 0. The van der Waals surface area contributed by atoms with Crippen molar-refractivity contribution >= 4 is 15.8 Å². The van der Waals surface area contributed by atoms with E-state index in [-0.39, 0.29) is 0 Å². The summed E-state index contributed by atoms with van der Waals surface area (Å²) in [5.74, 6) is 0. The monoisotopic (exact) mass is 206 g/mol. The first-order valence-corrected chi connectivity index (χ1v) is 8.75. The predicted molar refractivity (Wildman–Crippen MR) is 65.5 cm³/mol. The summed E-state index contributed by atoms with van der Waals surface area (Å²) >= 11 is 0. The molecule has 0 atom stereocenters. The molecule has 0 radical (unpaired) electrons. The third-order valence-electron chi connectivity index (χ3n) is 2.68. The first kappa shape index (κ1) is 12.9. The van der Waals surface area contributed by atoms with Gasteiger partial charge in [-0.2, -0.15) is 0 Å². The Balaban J connectivity index is 4.02. The second-order valence-corrected chi connectivity index (χ2v) is 9.92. The number of rotatable bonds is 6. The summed E-state index contributed by atoms with van der Waals surface area (Å²) in [6.45, 7) is 12.0. The van der Waals surface area contributed by atoms with Crippen LogP contribution < -0.4 is 0 Å². The highest BCUT2D eigenvalue weighted by Crippen LogP contribution is 2.57. The summed E-state index contributed by atoms with van der Waals surface area (Å²) in [5, 5.41) is 1.06. The third-order valence-corrected chi connectivity index (χ3v) is 10.0. The van der Waals surface area contributed by atoms with Gasteiger partial charge >= 0.3 is 0 Å². The molecule has 0 aromatic carbocycles. The van der Waals surface area contributed by atoms with E-state index in [2.05, 4.69) is 34.6 Å². The third kappa shape index (κ3) is 3.71. The Labute approximate surface area is 81.0 Å². The van der Waals surface area contributed by atoms with Crippen LogP contribution in [0.5, 0.6) is 0 Å². The topological polar surface area (TPSA) is 0 Å². The molecular weight excluding hydrogens is 182 g/mol.